The largest absolute Gasteiger partial charge is 0.480 e. The van der Waals surface area contributed by atoms with E-state index in [2.05, 4.69) is 10.6 Å². The zero-order valence-corrected chi connectivity index (χ0v) is 13.7. The van der Waals surface area contributed by atoms with E-state index in [0.717, 1.165) is 11.1 Å². The van der Waals surface area contributed by atoms with Crippen LogP contribution in [0.25, 0.3) is 0 Å². The standard InChI is InChI=1S/C19H22N2O3/c1-14-6-5-9-16(12-14)21-18(22)13-17(19(23)24)20-11-10-15-7-3-2-4-8-15/h2-9,12,17,20H,10-11,13H2,1H3,(H,21,22)(H,23,24)/t17-/m1/s1. The van der Waals surface area contributed by atoms with Crippen LogP contribution in [0.3, 0.4) is 0 Å². The molecule has 0 aromatic heterocycles. The van der Waals surface area contributed by atoms with Crippen molar-refractivity contribution in [2.24, 2.45) is 0 Å². The molecular weight excluding hydrogens is 304 g/mol. The first kappa shape index (κ1) is 17.7. The Morgan fingerprint density at radius 2 is 1.83 bits per heavy atom. The Morgan fingerprint density at radius 1 is 1.08 bits per heavy atom. The lowest BCUT2D eigenvalue weighted by molar-refractivity contribution is -0.141. The van der Waals surface area contributed by atoms with Crippen LogP contribution in [0.4, 0.5) is 5.69 Å². The minimum Gasteiger partial charge on any atom is -0.480 e. The number of aryl methyl sites for hydroxylation is 1. The van der Waals surface area contributed by atoms with Crippen LogP contribution in [0.15, 0.2) is 54.6 Å². The number of benzene rings is 2. The van der Waals surface area contributed by atoms with Crippen molar-refractivity contribution in [1.82, 2.24) is 5.32 Å². The second-order valence-corrected chi connectivity index (χ2v) is 5.70. The van der Waals surface area contributed by atoms with Crippen LogP contribution >= 0.6 is 0 Å². The van der Waals surface area contributed by atoms with Crippen molar-refractivity contribution in [3.05, 3.63) is 65.7 Å². The van der Waals surface area contributed by atoms with E-state index in [1.54, 1.807) is 6.07 Å². The molecule has 2 aromatic rings. The maximum atomic E-state index is 12.1. The number of carbonyl (C=O) groups excluding carboxylic acids is 1. The SMILES string of the molecule is Cc1cccc(NC(=O)C[C@@H](NCCc2ccccc2)C(=O)O)c1. The van der Waals surface area contributed by atoms with Crippen molar-refractivity contribution >= 4 is 17.6 Å². The lowest BCUT2D eigenvalue weighted by Crippen LogP contribution is -2.40. The fraction of sp³-hybridized carbons (Fsp3) is 0.263. The number of carboxylic acids is 1. The zero-order valence-electron chi connectivity index (χ0n) is 13.7. The van der Waals surface area contributed by atoms with E-state index in [-0.39, 0.29) is 12.3 Å². The van der Waals surface area contributed by atoms with Gasteiger partial charge in [0.25, 0.3) is 0 Å². The highest BCUT2D eigenvalue weighted by Gasteiger charge is 2.20. The van der Waals surface area contributed by atoms with Gasteiger partial charge in [0.15, 0.2) is 0 Å². The molecular formula is C19H22N2O3. The summed E-state index contributed by atoms with van der Waals surface area (Å²) in [5.74, 6) is -1.34. The van der Waals surface area contributed by atoms with Gasteiger partial charge >= 0.3 is 5.97 Å². The molecule has 0 aliphatic heterocycles. The third-order valence-electron chi connectivity index (χ3n) is 3.64. The van der Waals surface area contributed by atoms with Crippen LogP contribution < -0.4 is 10.6 Å². The fourth-order valence-electron chi connectivity index (χ4n) is 2.40. The lowest BCUT2D eigenvalue weighted by atomic mass is 10.1. The molecule has 0 saturated heterocycles. The first-order valence-corrected chi connectivity index (χ1v) is 7.91. The second kappa shape index (κ2) is 8.84. The molecule has 0 fully saturated rings. The molecule has 0 unspecified atom stereocenters. The molecule has 5 heteroatoms. The maximum Gasteiger partial charge on any atom is 0.321 e. The number of aliphatic carboxylic acids is 1. The van der Waals surface area contributed by atoms with Crippen LogP contribution in [-0.2, 0) is 16.0 Å². The van der Waals surface area contributed by atoms with Crippen molar-refractivity contribution in [2.45, 2.75) is 25.8 Å². The molecule has 1 amide bonds. The van der Waals surface area contributed by atoms with Crippen molar-refractivity contribution in [1.29, 1.82) is 0 Å². The summed E-state index contributed by atoms with van der Waals surface area (Å²) in [5.41, 5.74) is 2.83. The van der Waals surface area contributed by atoms with Crippen LogP contribution in [0.1, 0.15) is 17.5 Å². The molecule has 24 heavy (non-hydrogen) atoms. The van der Waals surface area contributed by atoms with E-state index in [1.165, 1.54) is 0 Å². The molecule has 3 N–H and O–H groups in total. The van der Waals surface area contributed by atoms with E-state index >= 15 is 0 Å². The van der Waals surface area contributed by atoms with E-state index in [4.69, 9.17) is 0 Å². The molecule has 5 nitrogen and oxygen atoms in total. The number of carbonyl (C=O) groups is 2. The number of nitrogens with one attached hydrogen (secondary N) is 2. The van der Waals surface area contributed by atoms with Gasteiger partial charge in [-0.25, -0.2) is 0 Å². The minimum absolute atomic E-state index is 0.113. The van der Waals surface area contributed by atoms with Crippen LogP contribution in [0, 0.1) is 6.92 Å². The summed E-state index contributed by atoms with van der Waals surface area (Å²) >= 11 is 0. The highest BCUT2D eigenvalue weighted by atomic mass is 16.4. The number of carboxylic acid groups (broad SMARTS) is 1. The summed E-state index contributed by atoms with van der Waals surface area (Å²) in [4.78, 5) is 23.4. The van der Waals surface area contributed by atoms with Crippen molar-refractivity contribution in [3.63, 3.8) is 0 Å². The Morgan fingerprint density at radius 3 is 2.50 bits per heavy atom. The normalized spacial score (nSPS) is 11.7. The number of hydrogen-bond donors (Lipinski definition) is 3. The lowest BCUT2D eigenvalue weighted by Gasteiger charge is -2.14. The summed E-state index contributed by atoms with van der Waals surface area (Å²) in [6.45, 7) is 2.43. The van der Waals surface area contributed by atoms with Gasteiger partial charge in [0, 0.05) is 5.69 Å². The third kappa shape index (κ3) is 5.85. The summed E-state index contributed by atoms with van der Waals surface area (Å²) < 4.78 is 0. The summed E-state index contributed by atoms with van der Waals surface area (Å²) in [6.07, 6.45) is 0.599. The quantitative estimate of drug-likeness (QED) is 0.697. The smallest absolute Gasteiger partial charge is 0.321 e. The Balaban J connectivity index is 1.84. The zero-order chi connectivity index (χ0) is 17.4. The molecule has 0 aliphatic rings. The van der Waals surface area contributed by atoms with Crippen LogP contribution in [0.5, 0.6) is 0 Å². The van der Waals surface area contributed by atoms with Gasteiger partial charge in [-0.1, -0.05) is 42.5 Å². The molecule has 0 aliphatic carbocycles. The van der Waals surface area contributed by atoms with Crippen molar-refractivity contribution in [2.75, 3.05) is 11.9 Å². The van der Waals surface area contributed by atoms with Gasteiger partial charge in [-0.05, 0) is 43.1 Å². The summed E-state index contributed by atoms with van der Waals surface area (Å²) in [5, 5.41) is 15.0. The van der Waals surface area contributed by atoms with Gasteiger partial charge in [0.1, 0.15) is 6.04 Å². The van der Waals surface area contributed by atoms with Gasteiger partial charge in [0.2, 0.25) is 5.91 Å². The van der Waals surface area contributed by atoms with Crippen LogP contribution in [0.2, 0.25) is 0 Å². The minimum atomic E-state index is -1.03. The highest BCUT2D eigenvalue weighted by molar-refractivity contribution is 5.94. The van der Waals surface area contributed by atoms with Gasteiger partial charge in [-0.15, -0.1) is 0 Å². The molecule has 0 saturated carbocycles. The molecule has 0 spiro atoms. The number of hydrogen-bond acceptors (Lipinski definition) is 3. The predicted octanol–water partition coefficient (Wildman–Crippen LogP) is 2.61. The second-order valence-electron chi connectivity index (χ2n) is 5.70. The molecule has 2 rings (SSSR count). The summed E-state index contributed by atoms with van der Waals surface area (Å²) in [6, 6.07) is 16.3. The third-order valence-corrected chi connectivity index (χ3v) is 3.64. The molecule has 2 aromatic carbocycles. The van der Waals surface area contributed by atoms with E-state index in [9.17, 15) is 14.7 Å². The Labute approximate surface area is 141 Å². The van der Waals surface area contributed by atoms with Gasteiger partial charge in [-0.2, -0.15) is 0 Å². The average Bonchev–Trinajstić information content (AvgIpc) is 2.54. The fourth-order valence-corrected chi connectivity index (χ4v) is 2.40. The molecule has 0 bridgehead atoms. The molecule has 126 valence electrons. The molecule has 1 atom stereocenters. The number of anilines is 1. The Bertz CT molecular complexity index is 686. The van der Waals surface area contributed by atoms with Gasteiger partial charge < -0.3 is 15.7 Å². The van der Waals surface area contributed by atoms with Crippen molar-refractivity contribution in [3.8, 4) is 0 Å². The first-order valence-electron chi connectivity index (χ1n) is 7.91. The highest BCUT2D eigenvalue weighted by Crippen LogP contribution is 2.10. The number of rotatable bonds is 8. The predicted molar refractivity (Wildman–Crippen MR) is 94.0 cm³/mol. The van der Waals surface area contributed by atoms with E-state index in [1.807, 2.05) is 55.5 Å². The monoisotopic (exact) mass is 326 g/mol. The molecule has 0 radical (unpaired) electrons. The molecule has 0 heterocycles. The van der Waals surface area contributed by atoms with E-state index in [0.29, 0.717) is 18.7 Å². The topological polar surface area (TPSA) is 78.4 Å². The van der Waals surface area contributed by atoms with Gasteiger partial charge in [0.05, 0.1) is 6.42 Å². The van der Waals surface area contributed by atoms with Crippen molar-refractivity contribution < 1.29 is 14.7 Å². The Hall–Kier alpha value is -2.66. The summed E-state index contributed by atoms with van der Waals surface area (Å²) in [7, 11) is 0. The Kier molecular flexibility index (Phi) is 6.51. The number of amides is 1. The maximum absolute atomic E-state index is 12.1. The van der Waals surface area contributed by atoms with Crippen LogP contribution in [-0.4, -0.2) is 29.6 Å². The van der Waals surface area contributed by atoms with Gasteiger partial charge in [-0.3, -0.25) is 9.59 Å². The average molecular weight is 326 g/mol. The van der Waals surface area contributed by atoms with E-state index < -0.39 is 12.0 Å². The first-order chi connectivity index (χ1) is 11.5.